The van der Waals surface area contributed by atoms with E-state index in [0.29, 0.717) is 11.7 Å². The molecule has 3 heterocycles. The van der Waals surface area contributed by atoms with Crippen LogP contribution in [-0.2, 0) is 0 Å². The third-order valence-corrected chi connectivity index (χ3v) is 4.17. The molecule has 23 heavy (non-hydrogen) atoms. The highest BCUT2D eigenvalue weighted by Gasteiger charge is 2.26. The van der Waals surface area contributed by atoms with Crippen molar-refractivity contribution in [2.75, 3.05) is 45.7 Å². The fraction of sp³-hybridized carbons (Fsp3) is 0.500. The summed E-state index contributed by atoms with van der Waals surface area (Å²) in [5.41, 5.74) is 0.824. The van der Waals surface area contributed by atoms with Crippen molar-refractivity contribution in [2.45, 2.75) is 6.04 Å². The van der Waals surface area contributed by atoms with Gasteiger partial charge in [-0.25, -0.2) is 4.98 Å². The minimum atomic E-state index is 0. The topological polar surface area (TPSA) is 70.3 Å². The summed E-state index contributed by atoms with van der Waals surface area (Å²) in [4.78, 5) is 13.2. The van der Waals surface area contributed by atoms with Gasteiger partial charge in [0.05, 0.1) is 11.6 Å². The van der Waals surface area contributed by atoms with Gasteiger partial charge in [0, 0.05) is 44.4 Å². The van der Waals surface area contributed by atoms with Crippen LogP contribution in [0.25, 0.3) is 11.5 Å². The molecule has 1 unspecified atom stereocenters. The molecule has 0 saturated carbocycles. The molecule has 1 fully saturated rings. The number of nitrogens with zero attached hydrogens (tertiary/aromatic N) is 5. The predicted octanol–water partition coefficient (Wildman–Crippen LogP) is 1.96. The van der Waals surface area contributed by atoms with Crippen molar-refractivity contribution < 1.29 is 4.52 Å². The lowest BCUT2D eigenvalue weighted by atomic mass is 10.2. The first kappa shape index (κ1) is 18.1. The molecule has 0 radical (unpaired) electrons. The fourth-order valence-corrected chi connectivity index (χ4v) is 2.85. The Balaban J connectivity index is 0.00000192. The average molecular weight is 404 g/mol. The van der Waals surface area contributed by atoms with Gasteiger partial charge >= 0.3 is 0 Å². The molecule has 0 spiro atoms. The van der Waals surface area contributed by atoms with Gasteiger partial charge < -0.3 is 14.7 Å². The monoisotopic (exact) mass is 402 g/mol. The van der Waals surface area contributed by atoms with Gasteiger partial charge in [-0.15, -0.1) is 12.4 Å². The van der Waals surface area contributed by atoms with E-state index in [0.717, 1.165) is 35.5 Å². The van der Waals surface area contributed by atoms with Gasteiger partial charge in [0.1, 0.15) is 5.82 Å². The Kier molecular flexibility index (Phi) is 5.96. The summed E-state index contributed by atoms with van der Waals surface area (Å²) < 4.78 is 6.37. The third kappa shape index (κ3) is 3.82. The lowest BCUT2D eigenvalue weighted by Gasteiger charge is -2.30. The van der Waals surface area contributed by atoms with Gasteiger partial charge in [0.25, 0.3) is 5.89 Å². The molecule has 1 aliphatic heterocycles. The summed E-state index contributed by atoms with van der Waals surface area (Å²) in [6, 6.07) is 2.08. The largest absolute Gasteiger partial charge is 0.362 e. The first-order valence-electron chi connectivity index (χ1n) is 7.14. The number of anilines is 1. The molecule has 1 aliphatic rings. The highest BCUT2D eigenvalue weighted by atomic mass is 79.9. The third-order valence-electron chi connectivity index (χ3n) is 3.74. The van der Waals surface area contributed by atoms with Crippen LogP contribution < -0.4 is 10.2 Å². The lowest BCUT2D eigenvalue weighted by molar-refractivity contribution is 0.190. The van der Waals surface area contributed by atoms with E-state index in [4.69, 9.17) is 4.52 Å². The molecule has 1 saturated heterocycles. The molecule has 1 N–H and O–H groups in total. The predicted molar refractivity (Wildman–Crippen MR) is 95.0 cm³/mol. The first-order chi connectivity index (χ1) is 10.6. The zero-order valence-electron chi connectivity index (χ0n) is 13.3. The highest BCUT2D eigenvalue weighted by Crippen LogP contribution is 2.30. The van der Waals surface area contributed by atoms with Gasteiger partial charge in [0.15, 0.2) is 5.82 Å². The molecule has 0 aliphatic carbocycles. The minimum Gasteiger partial charge on any atom is -0.362 e. The number of pyridine rings is 1. The molecule has 7 nitrogen and oxygen atoms in total. The van der Waals surface area contributed by atoms with Crippen molar-refractivity contribution in [3.05, 3.63) is 22.6 Å². The summed E-state index contributed by atoms with van der Waals surface area (Å²) in [5.74, 6) is 1.99. The van der Waals surface area contributed by atoms with Crippen molar-refractivity contribution in [3.63, 3.8) is 0 Å². The van der Waals surface area contributed by atoms with Crippen LogP contribution in [0.5, 0.6) is 0 Å². The normalized spacial score (nSPS) is 18.5. The van der Waals surface area contributed by atoms with Gasteiger partial charge in [0.2, 0.25) is 0 Å². The number of aromatic nitrogens is 3. The summed E-state index contributed by atoms with van der Waals surface area (Å²) >= 11 is 3.45. The van der Waals surface area contributed by atoms with E-state index in [1.807, 2.05) is 25.1 Å². The van der Waals surface area contributed by atoms with Crippen LogP contribution >= 0.6 is 28.3 Å². The zero-order chi connectivity index (χ0) is 15.7. The van der Waals surface area contributed by atoms with E-state index < -0.39 is 0 Å². The standard InChI is InChI=1S/C14H19BrN6O.ClH/c1-20(2)13-10(6-9(15)7-17-13)14-18-12(19-22-14)11-8-16-4-5-21(11)3;/h6-7,11,16H,4-5,8H2,1-3H3;1H. The van der Waals surface area contributed by atoms with Crippen molar-refractivity contribution in [1.82, 2.24) is 25.3 Å². The molecule has 9 heteroatoms. The molecule has 0 aromatic carbocycles. The Morgan fingerprint density at radius 2 is 2.22 bits per heavy atom. The van der Waals surface area contributed by atoms with E-state index in [9.17, 15) is 0 Å². The Morgan fingerprint density at radius 3 is 2.91 bits per heavy atom. The number of hydrogen-bond acceptors (Lipinski definition) is 7. The molecule has 2 aromatic heterocycles. The van der Waals surface area contributed by atoms with Crippen LogP contribution in [0, 0.1) is 0 Å². The van der Waals surface area contributed by atoms with Crippen molar-refractivity contribution in [3.8, 4) is 11.5 Å². The second-order valence-corrected chi connectivity index (χ2v) is 6.49. The number of hydrogen-bond donors (Lipinski definition) is 1. The Bertz CT molecular complexity index is 664. The van der Waals surface area contributed by atoms with E-state index in [-0.39, 0.29) is 18.4 Å². The van der Waals surface area contributed by atoms with Crippen LogP contribution in [0.1, 0.15) is 11.9 Å². The maximum absolute atomic E-state index is 5.50. The summed E-state index contributed by atoms with van der Waals surface area (Å²) in [6.07, 6.45) is 1.76. The lowest BCUT2D eigenvalue weighted by Crippen LogP contribution is -2.44. The fourth-order valence-electron chi connectivity index (χ4n) is 2.52. The van der Waals surface area contributed by atoms with E-state index in [2.05, 4.69) is 48.3 Å². The molecule has 2 aromatic rings. The zero-order valence-corrected chi connectivity index (χ0v) is 15.7. The van der Waals surface area contributed by atoms with Crippen molar-refractivity contribution in [2.24, 2.45) is 0 Å². The van der Waals surface area contributed by atoms with Crippen LogP contribution in [0.3, 0.4) is 0 Å². The number of halogens is 2. The van der Waals surface area contributed by atoms with Gasteiger partial charge in [-0.2, -0.15) is 4.98 Å². The molecule has 0 bridgehead atoms. The maximum Gasteiger partial charge on any atom is 0.261 e. The van der Waals surface area contributed by atoms with Crippen LogP contribution in [0.4, 0.5) is 5.82 Å². The Hall–Kier alpha value is -1.22. The number of rotatable bonds is 3. The Morgan fingerprint density at radius 1 is 1.43 bits per heavy atom. The number of piperazine rings is 1. The number of nitrogens with one attached hydrogen (secondary N) is 1. The van der Waals surface area contributed by atoms with Gasteiger partial charge in [-0.05, 0) is 29.0 Å². The van der Waals surface area contributed by atoms with Gasteiger partial charge in [-0.3, -0.25) is 4.90 Å². The van der Waals surface area contributed by atoms with Crippen molar-refractivity contribution in [1.29, 1.82) is 0 Å². The molecule has 0 amide bonds. The molecular weight excluding hydrogens is 384 g/mol. The first-order valence-corrected chi connectivity index (χ1v) is 7.93. The second kappa shape index (κ2) is 7.57. The van der Waals surface area contributed by atoms with Crippen LogP contribution in [-0.4, -0.2) is 60.8 Å². The van der Waals surface area contributed by atoms with E-state index in [1.165, 1.54) is 0 Å². The van der Waals surface area contributed by atoms with Crippen molar-refractivity contribution >= 4 is 34.2 Å². The number of likely N-dealkylation sites (N-methyl/N-ethyl adjacent to an activating group) is 1. The van der Waals surface area contributed by atoms with Crippen LogP contribution in [0.15, 0.2) is 21.3 Å². The van der Waals surface area contributed by atoms with Gasteiger partial charge in [-0.1, -0.05) is 5.16 Å². The molecular formula is C14H20BrClN6O. The molecule has 3 rings (SSSR count). The molecule has 126 valence electrons. The highest BCUT2D eigenvalue weighted by molar-refractivity contribution is 9.10. The van der Waals surface area contributed by atoms with E-state index in [1.54, 1.807) is 6.20 Å². The average Bonchev–Trinajstić information content (AvgIpc) is 2.97. The SMILES string of the molecule is CN(C)c1ncc(Br)cc1-c1nc(C2CNCCN2C)no1.Cl. The summed E-state index contributed by atoms with van der Waals surface area (Å²) in [7, 11) is 5.96. The quantitative estimate of drug-likeness (QED) is 0.840. The summed E-state index contributed by atoms with van der Waals surface area (Å²) in [6.45, 7) is 2.78. The summed E-state index contributed by atoms with van der Waals surface area (Å²) in [5, 5.41) is 7.53. The minimum absolute atomic E-state index is 0. The maximum atomic E-state index is 5.50. The van der Waals surface area contributed by atoms with E-state index >= 15 is 0 Å². The second-order valence-electron chi connectivity index (χ2n) is 5.58. The Labute approximate surface area is 150 Å². The molecule has 1 atom stereocenters. The smallest absolute Gasteiger partial charge is 0.261 e. The van der Waals surface area contributed by atoms with Crippen LogP contribution in [0.2, 0.25) is 0 Å².